The van der Waals surface area contributed by atoms with Gasteiger partial charge < -0.3 is 15.0 Å². The lowest BCUT2D eigenvalue weighted by atomic mass is 9.94. The summed E-state index contributed by atoms with van der Waals surface area (Å²) in [4.78, 5) is 14.3. The van der Waals surface area contributed by atoms with Crippen LogP contribution in [0.25, 0.3) is 0 Å². The normalized spacial score (nSPS) is 16.9. The molecule has 0 aromatic heterocycles. The quantitative estimate of drug-likeness (QED) is 0.913. The average Bonchev–Trinajstić information content (AvgIpc) is 2.48. The van der Waals surface area contributed by atoms with Gasteiger partial charge in [-0.2, -0.15) is 0 Å². The van der Waals surface area contributed by atoms with E-state index < -0.39 is 0 Å². The molecular weight excluding hydrogens is 252 g/mol. The maximum atomic E-state index is 12.3. The molecule has 0 spiro atoms. The van der Waals surface area contributed by atoms with E-state index in [0.717, 1.165) is 37.5 Å². The lowest BCUT2D eigenvalue weighted by molar-refractivity contribution is -0.132. The van der Waals surface area contributed by atoms with E-state index in [4.69, 9.17) is 4.74 Å². The average molecular weight is 276 g/mol. The molecule has 1 aliphatic rings. The standard InChI is InChI=1S/C16H24N2O2/c1-12-4-5-15(20-3)14(10-12)13(2)11-16(19)18-8-6-17-7-9-18/h4-5,10,13,17H,6-9,11H2,1-3H3. The van der Waals surface area contributed by atoms with Crippen LogP contribution < -0.4 is 10.1 Å². The van der Waals surface area contributed by atoms with Gasteiger partial charge in [0, 0.05) is 32.6 Å². The molecule has 1 heterocycles. The van der Waals surface area contributed by atoms with E-state index in [2.05, 4.69) is 25.2 Å². The third-order valence-corrected chi connectivity index (χ3v) is 3.87. The first kappa shape index (κ1) is 14.9. The van der Waals surface area contributed by atoms with Crippen LogP contribution in [0.5, 0.6) is 5.75 Å². The summed E-state index contributed by atoms with van der Waals surface area (Å²) in [6.07, 6.45) is 0.541. The van der Waals surface area contributed by atoms with Crippen LogP contribution in [-0.4, -0.2) is 44.1 Å². The molecule has 4 nitrogen and oxygen atoms in total. The predicted octanol–water partition coefficient (Wildman–Crippen LogP) is 1.93. The number of methoxy groups -OCH3 is 1. The maximum absolute atomic E-state index is 12.3. The van der Waals surface area contributed by atoms with Gasteiger partial charge in [0.05, 0.1) is 7.11 Å². The van der Waals surface area contributed by atoms with E-state index in [1.54, 1.807) is 7.11 Å². The highest BCUT2D eigenvalue weighted by molar-refractivity contribution is 5.77. The smallest absolute Gasteiger partial charge is 0.223 e. The molecule has 110 valence electrons. The van der Waals surface area contributed by atoms with Gasteiger partial charge in [-0.3, -0.25) is 4.79 Å². The molecule has 1 fully saturated rings. The van der Waals surface area contributed by atoms with Crippen molar-refractivity contribution in [2.75, 3.05) is 33.3 Å². The van der Waals surface area contributed by atoms with Gasteiger partial charge in [0.25, 0.3) is 0 Å². The van der Waals surface area contributed by atoms with Crippen LogP contribution in [0.1, 0.15) is 30.4 Å². The minimum Gasteiger partial charge on any atom is -0.496 e. The lowest BCUT2D eigenvalue weighted by Crippen LogP contribution is -2.46. The van der Waals surface area contributed by atoms with Crippen LogP contribution in [0, 0.1) is 6.92 Å². The van der Waals surface area contributed by atoms with Crippen LogP contribution in [0.4, 0.5) is 0 Å². The maximum Gasteiger partial charge on any atom is 0.223 e. The second-order valence-corrected chi connectivity index (χ2v) is 5.48. The Bertz CT molecular complexity index is 468. The summed E-state index contributed by atoms with van der Waals surface area (Å²) >= 11 is 0. The molecule has 1 aromatic carbocycles. The van der Waals surface area contributed by atoms with Crippen molar-refractivity contribution in [3.05, 3.63) is 29.3 Å². The minimum absolute atomic E-state index is 0.173. The van der Waals surface area contributed by atoms with E-state index in [1.165, 1.54) is 5.56 Å². The van der Waals surface area contributed by atoms with Gasteiger partial charge in [-0.05, 0) is 24.5 Å². The first-order valence-electron chi connectivity index (χ1n) is 7.25. The molecule has 0 radical (unpaired) electrons. The number of piperazine rings is 1. The molecule has 1 aliphatic heterocycles. The molecule has 1 amide bonds. The highest BCUT2D eigenvalue weighted by Gasteiger charge is 2.21. The van der Waals surface area contributed by atoms with Crippen LogP contribution in [0.3, 0.4) is 0 Å². The molecule has 1 unspecified atom stereocenters. The Kier molecular flexibility index (Phi) is 5.01. The number of nitrogens with one attached hydrogen (secondary N) is 1. The number of nitrogens with zero attached hydrogens (tertiary/aromatic N) is 1. The van der Waals surface area contributed by atoms with Crippen molar-refractivity contribution in [2.24, 2.45) is 0 Å². The third kappa shape index (κ3) is 3.51. The summed E-state index contributed by atoms with van der Waals surface area (Å²) < 4.78 is 5.41. The zero-order valence-electron chi connectivity index (χ0n) is 12.6. The topological polar surface area (TPSA) is 41.6 Å². The van der Waals surface area contributed by atoms with Gasteiger partial charge in [-0.25, -0.2) is 0 Å². The molecule has 1 atom stereocenters. The van der Waals surface area contributed by atoms with Crippen LogP contribution in [-0.2, 0) is 4.79 Å². The van der Waals surface area contributed by atoms with Crippen molar-refractivity contribution in [1.29, 1.82) is 0 Å². The van der Waals surface area contributed by atoms with Gasteiger partial charge in [0.1, 0.15) is 5.75 Å². The first-order valence-corrected chi connectivity index (χ1v) is 7.25. The second kappa shape index (κ2) is 6.75. The molecule has 1 saturated heterocycles. The molecule has 4 heteroatoms. The molecular formula is C16H24N2O2. The fraction of sp³-hybridized carbons (Fsp3) is 0.562. The van der Waals surface area contributed by atoms with E-state index in [0.29, 0.717) is 6.42 Å². The summed E-state index contributed by atoms with van der Waals surface area (Å²) in [6, 6.07) is 6.14. The Labute approximate surface area is 121 Å². The third-order valence-electron chi connectivity index (χ3n) is 3.87. The van der Waals surface area contributed by atoms with E-state index >= 15 is 0 Å². The monoisotopic (exact) mass is 276 g/mol. The summed E-state index contributed by atoms with van der Waals surface area (Å²) in [5, 5.41) is 3.27. The van der Waals surface area contributed by atoms with E-state index in [1.807, 2.05) is 17.0 Å². The Morgan fingerprint density at radius 3 is 2.75 bits per heavy atom. The van der Waals surface area contributed by atoms with Crippen molar-refractivity contribution >= 4 is 5.91 Å². The van der Waals surface area contributed by atoms with Gasteiger partial charge in [0.15, 0.2) is 0 Å². The number of carbonyl (C=O) groups is 1. The Morgan fingerprint density at radius 1 is 1.40 bits per heavy atom. The fourth-order valence-corrected chi connectivity index (χ4v) is 2.65. The van der Waals surface area contributed by atoms with Gasteiger partial charge in [-0.15, -0.1) is 0 Å². The highest BCUT2D eigenvalue weighted by atomic mass is 16.5. The summed E-state index contributed by atoms with van der Waals surface area (Å²) in [5.41, 5.74) is 2.32. The molecule has 0 aliphatic carbocycles. The highest BCUT2D eigenvalue weighted by Crippen LogP contribution is 2.30. The number of amides is 1. The number of benzene rings is 1. The molecule has 0 saturated carbocycles. The number of rotatable bonds is 4. The Morgan fingerprint density at radius 2 is 2.10 bits per heavy atom. The van der Waals surface area contributed by atoms with Crippen molar-refractivity contribution in [2.45, 2.75) is 26.2 Å². The second-order valence-electron chi connectivity index (χ2n) is 5.48. The SMILES string of the molecule is COc1ccc(C)cc1C(C)CC(=O)N1CCNCC1. The molecule has 1 N–H and O–H groups in total. The Hall–Kier alpha value is -1.55. The van der Waals surface area contributed by atoms with Crippen molar-refractivity contribution in [3.63, 3.8) is 0 Å². The summed E-state index contributed by atoms with van der Waals surface area (Å²) in [7, 11) is 1.68. The van der Waals surface area contributed by atoms with Crippen molar-refractivity contribution in [1.82, 2.24) is 10.2 Å². The molecule has 20 heavy (non-hydrogen) atoms. The van der Waals surface area contributed by atoms with E-state index in [-0.39, 0.29) is 11.8 Å². The van der Waals surface area contributed by atoms with Crippen LogP contribution in [0.15, 0.2) is 18.2 Å². The lowest BCUT2D eigenvalue weighted by Gasteiger charge is -2.28. The largest absolute Gasteiger partial charge is 0.496 e. The first-order chi connectivity index (χ1) is 9.61. The fourth-order valence-electron chi connectivity index (χ4n) is 2.65. The van der Waals surface area contributed by atoms with E-state index in [9.17, 15) is 4.79 Å². The Balaban J connectivity index is 2.05. The van der Waals surface area contributed by atoms with Crippen LogP contribution >= 0.6 is 0 Å². The summed E-state index contributed by atoms with van der Waals surface area (Å²) in [6.45, 7) is 7.58. The summed E-state index contributed by atoms with van der Waals surface area (Å²) in [5.74, 6) is 1.28. The molecule has 2 rings (SSSR count). The zero-order chi connectivity index (χ0) is 14.5. The number of hydrogen-bond donors (Lipinski definition) is 1. The van der Waals surface area contributed by atoms with Crippen molar-refractivity contribution in [3.8, 4) is 5.75 Å². The number of ether oxygens (including phenoxy) is 1. The molecule has 0 bridgehead atoms. The predicted molar refractivity (Wildman–Crippen MR) is 80.2 cm³/mol. The molecule has 1 aromatic rings. The minimum atomic E-state index is 0.173. The van der Waals surface area contributed by atoms with Gasteiger partial charge in [0.2, 0.25) is 5.91 Å². The number of aryl methyl sites for hydroxylation is 1. The van der Waals surface area contributed by atoms with Gasteiger partial charge >= 0.3 is 0 Å². The van der Waals surface area contributed by atoms with Crippen molar-refractivity contribution < 1.29 is 9.53 Å². The van der Waals surface area contributed by atoms with Crippen LogP contribution in [0.2, 0.25) is 0 Å². The zero-order valence-corrected chi connectivity index (χ0v) is 12.6. The number of hydrogen-bond acceptors (Lipinski definition) is 3. The number of carbonyl (C=O) groups excluding carboxylic acids is 1. The van der Waals surface area contributed by atoms with Gasteiger partial charge in [-0.1, -0.05) is 24.6 Å².